The summed E-state index contributed by atoms with van der Waals surface area (Å²) < 4.78 is 17.4. The number of hydrogen-bond acceptors (Lipinski definition) is 9. The van der Waals surface area contributed by atoms with Crippen LogP contribution >= 0.6 is 0 Å². The van der Waals surface area contributed by atoms with E-state index < -0.39 is 0 Å². The number of methoxy groups -OCH3 is 1. The van der Waals surface area contributed by atoms with E-state index in [1.807, 2.05) is 6.07 Å². The van der Waals surface area contributed by atoms with Crippen molar-refractivity contribution < 1.29 is 14.2 Å². The highest BCUT2D eigenvalue weighted by atomic mass is 16.5. The fourth-order valence-corrected chi connectivity index (χ4v) is 6.72. The lowest BCUT2D eigenvalue weighted by Crippen LogP contribution is -2.46. The highest BCUT2D eigenvalue weighted by Crippen LogP contribution is 2.34. The third-order valence-corrected chi connectivity index (χ3v) is 8.79. The van der Waals surface area contributed by atoms with Crippen molar-refractivity contribution in [2.45, 2.75) is 51.5 Å². The van der Waals surface area contributed by atoms with Crippen molar-refractivity contribution in [3.05, 3.63) is 71.3 Å². The van der Waals surface area contributed by atoms with Crippen LogP contribution in [0.1, 0.15) is 43.0 Å². The first kappa shape index (κ1) is 28.0. The van der Waals surface area contributed by atoms with E-state index in [0.29, 0.717) is 37.4 Å². The molecule has 2 aromatic carbocycles. The molecule has 43 heavy (non-hydrogen) atoms. The molecular formula is C34H40N6O3. The monoisotopic (exact) mass is 580 g/mol. The largest absolute Gasteiger partial charge is 0.496 e. The first-order chi connectivity index (χ1) is 21.1. The average molecular weight is 581 g/mol. The van der Waals surface area contributed by atoms with E-state index >= 15 is 0 Å². The summed E-state index contributed by atoms with van der Waals surface area (Å²) in [4.78, 5) is 19.8. The molecule has 3 unspecified atom stereocenters. The molecule has 7 rings (SSSR count). The van der Waals surface area contributed by atoms with E-state index in [0.717, 1.165) is 72.8 Å². The minimum Gasteiger partial charge on any atom is -0.496 e. The molecule has 0 spiro atoms. The molecule has 4 heterocycles. The van der Waals surface area contributed by atoms with Crippen molar-refractivity contribution in [1.82, 2.24) is 20.3 Å². The lowest BCUT2D eigenvalue weighted by molar-refractivity contribution is -0.00570. The predicted molar refractivity (Wildman–Crippen MR) is 169 cm³/mol. The van der Waals surface area contributed by atoms with Gasteiger partial charge in [0.2, 0.25) is 5.95 Å². The van der Waals surface area contributed by atoms with Crippen LogP contribution in [0, 0.1) is 0 Å². The summed E-state index contributed by atoms with van der Waals surface area (Å²) in [5.74, 6) is 2.50. The van der Waals surface area contributed by atoms with E-state index in [-0.39, 0.29) is 12.2 Å². The van der Waals surface area contributed by atoms with Gasteiger partial charge in [-0.25, -0.2) is 4.98 Å². The highest BCUT2D eigenvalue weighted by Gasteiger charge is 2.27. The molecule has 2 saturated heterocycles. The van der Waals surface area contributed by atoms with Crippen molar-refractivity contribution in [1.29, 1.82) is 0 Å². The normalized spacial score (nSPS) is 22.2. The number of fused-ring (bicyclic) bond motifs is 2. The van der Waals surface area contributed by atoms with Crippen LogP contribution in [0.4, 0.5) is 11.8 Å². The Morgan fingerprint density at radius 2 is 1.74 bits per heavy atom. The lowest BCUT2D eigenvalue weighted by atomic mass is 10.0. The number of morpholine rings is 2. The fourth-order valence-electron chi connectivity index (χ4n) is 6.72. The number of pyridine rings is 1. The van der Waals surface area contributed by atoms with Crippen LogP contribution in [0.25, 0.3) is 22.3 Å². The molecule has 9 nitrogen and oxygen atoms in total. The van der Waals surface area contributed by atoms with Crippen LogP contribution in [-0.4, -0.2) is 73.7 Å². The number of nitrogens with one attached hydrogen (secondary N) is 1. The van der Waals surface area contributed by atoms with E-state index in [4.69, 9.17) is 29.2 Å². The smallest absolute Gasteiger partial charge is 0.229 e. The Hall–Kier alpha value is -3.79. The topological polar surface area (TPSA) is 84.9 Å². The van der Waals surface area contributed by atoms with Gasteiger partial charge < -0.3 is 29.3 Å². The number of hydrogen-bond donors (Lipinski definition) is 1. The Morgan fingerprint density at radius 3 is 2.56 bits per heavy atom. The highest BCUT2D eigenvalue weighted by molar-refractivity contribution is 5.90. The second kappa shape index (κ2) is 12.1. The van der Waals surface area contributed by atoms with Gasteiger partial charge in [-0.3, -0.25) is 0 Å². The minimum atomic E-state index is 0.109. The Labute approximate surface area is 253 Å². The van der Waals surface area contributed by atoms with Crippen LogP contribution in [-0.2, 0) is 22.4 Å². The molecule has 0 bridgehead atoms. The van der Waals surface area contributed by atoms with Gasteiger partial charge in [0.1, 0.15) is 11.6 Å². The second-order valence-corrected chi connectivity index (χ2v) is 11.9. The average Bonchev–Trinajstić information content (AvgIpc) is 3.46. The van der Waals surface area contributed by atoms with Crippen LogP contribution in [0.3, 0.4) is 0 Å². The lowest BCUT2D eigenvalue weighted by Gasteiger charge is -2.36. The quantitative estimate of drug-likeness (QED) is 0.327. The molecule has 3 aliphatic rings. The number of nitrogens with zero attached hydrogens (tertiary/aromatic N) is 5. The minimum absolute atomic E-state index is 0.109. The van der Waals surface area contributed by atoms with Gasteiger partial charge in [0.15, 0.2) is 5.65 Å². The number of aromatic nitrogens is 3. The van der Waals surface area contributed by atoms with Gasteiger partial charge in [-0.2, -0.15) is 9.97 Å². The third-order valence-electron chi connectivity index (χ3n) is 8.79. The van der Waals surface area contributed by atoms with Crippen molar-refractivity contribution >= 4 is 22.8 Å². The van der Waals surface area contributed by atoms with Crippen LogP contribution < -0.4 is 19.9 Å². The van der Waals surface area contributed by atoms with E-state index in [1.165, 1.54) is 11.1 Å². The summed E-state index contributed by atoms with van der Waals surface area (Å²) in [6.07, 6.45) is 2.45. The first-order valence-corrected chi connectivity index (χ1v) is 15.5. The Bertz CT molecular complexity index is 1600. The Kier molecular flexibility index (Phi) is 7.86. The molecule has 2 fully saturated rings. The van der Waals surface area contributed by atoms with Crippen LogP contribution in [0.5, 0.6) is 5.75 Å². The summed E-state index contributed by atoms with van der Waals surface area (Å²) in [5, 5.41) is 4.74. The summed E-state index contributed by atoms with van der Waals surface area (Å²) in [7, 11) is 1.73. The molecule has 1 aliphatic carbocycles. The molecule has 0 amide bonds. The Balaban J connectivity index is 1.22. The summed E-state index contributed by atoms with van der Waals surface area (Å²) in [6, 6.07) is 19.6. The second-order valence-electron chi connectivity index (χ2n) is 11.9. The summed E-state index contributed by atoms with van der Waals surface area (Å²) >= 11 is 0. The van der Waals surface area contributed by atoms with E-state index in [1.54, 1.807) is 7.11 Å². The molecule has 3 atom stereocenters. The molecule has 0 saturated carbocycles. The van der Waals surface area contributed by atoms with Crippen LogP contribution in [0.15, 0.2) is 54.6 Å². The van der Waals surface area contributed by atoms with Gasteiger partial charge in [-0.1, -0.05) is 24.3 Å². The van der Waals surface area contributed by atoms with Crippen molar-refractivity contribution in [3.63, 3.8) is 0 Å². The zero-order valence-electron chi connectivity index (χ0n) is 25.3. The summed E-state index contributed by atoms with van der Waals surface area (Å²) in [6.45, 7) is 9.38. The molecule has 1 N–H and O–H groups in total. The van der Waals surface area contributed by atoms with Crippen molar-refractivity contribution in [2.75, 3.05) is 56.3 Å². The van der Waals surface area contributed by atoms with Gasteiger partial charge in [-0.05, 0) is 68.1 Å². The maximum atomic E-state index is 5.99. The Morgan fingerprint density at radius 1 is 0.930 bits per heavy atom. The molecule has 0 radical (unpaired) electrons. The molecular weight excluding hydrogens is 540 g/mol. The van der Waals surface area contributed by atoms with Gasteiger partial charge >= 0.3 is 0 Å². The van der Waals surface area contributed by atoms with Gasteiger partial charge in [0, 0.05) is 49.9 Å². The number of anilines is 2. The predicted octanol–water partition coefficient (Wildman–Crippen LogP) is 4.93. The van der Waals surface area contributed by atoms with Gasteiger partial charge in [0.05, 0.1) is 43.6 Å². The number of ether oxygens (including phenoxy) is 3. The number of aryl methyl sites for hydroxylation is 1. The maximum absolute atomic E-state index is 5.99. The van der Waals surface area contributed by atoms with Gasteiger partial charge in [-0.15, -0.1) is 0 Å². The van der Waals surface area contributed by atoms with Crippen molar-refractivity contribution in [3.8, 4) is 17.0 Å². The molecule has 224 valence electrons. The van der Waals surface area contributed by atoms with Gasteiger partial charge in [0.25, 0.3) is 0 Å². The zero-order valence-corrected chi connectivity index (χ0v) is 25.3. The molecule has 9 heteroatoms. The van der Waals surface area contributed by atoms with E-state index in [9.17, 15) is 0 Å². The number of rotatable bonds is 7. The fraction of sp³-hybridized carbons (Fsp3) is 0.441. The SMILES string of the molecule is COc1ccc(-c2ccc3c(N4CCOCC4)nc(N4CC(C)OC(C)C4)nc3n2)cc1CNC1CCc2ccccc21. The molecule has 2 aromatic heterocycles. The standard InChI is InChI=1S/C34H40N6O3/c1-22-20-40(21-23(2)43-22)34-37-32-28(33(38-34)39-14-16-42-17-15-39)10-12-29(36-32)25-9-13-31(41-3)26(18-25)19-35-30-11-8-24-6-4-5-7-27(24)30/h4-7,9-10,12-13,18,22-23,30,35H,8,11,14-17,19-21H2,1-3H3. The summed E-state index contributed by atoms with van der Waals surface area (Å²) in [5.41, 5.74) is 6.58. The van der Waals surface area contributed by atoms with E-state index in [2.05, 4.69) is 77.5 Å². The van der Waals surface area contributed by atoms with Crippen LogP contribution in [0.2, 0.25) is 0 Å². The first-order valence-electron chi connectivity index (χ1n) is 15.5. The third kappa shape index (κ3) is 5.77. The number of benzene rings is 2. The molecule has 2 aliphatic heterocycles. The molecule has 4 aromatic rings. The van der Waals surface area contributed by atoms with Crippen molar-refractivity contribution in [2.24, 2.45) is 0 Å². The zero-order chi connectivity index (χ0) is 29.3. The maximum Gasteiger partial charge on any atom is 0.229 e.